The third-order valence-electron chi connectivity index (χ3n) is 1.80. The predicted molar refractivity (Wildman–Crippen MR) is 51.7 cm³/mol. The van der Waals surface area contributed by atoms with Crippen molar-refractivity contribution in [3.05, 3.63) is 23.0 Å². The summed E-state index contributed by atoms with van der Waals surface area (Å²) in [4.78, 5) is 2.96. The van der Waals surface area contributed by atoms with Crippen LogP contribution in [0, 0.1) is 18.3 Å². The topological polar surface area (TPSA) is 70.8 Å². The second-order valence-corrected chi connectivity index (χ2v) is 5.39. The minimum Gasteiger partial charge on any atom is -0.241 e. The number of hydrogen-bond donors (Lipinski definition) is 0. The average molecular weight is 267 g/mol. The molecule has 86 valence electrons. The minimum absolute atomic E-state index is 0.0871. The second-order valence-electron chi connectivity index (χ2n) is 2.86. The van der Waals surface area contributed by atoms with Gasteiger partial charge in [0.2, 0.25) is 0 Å². The molecule has 1 aromatic rings. The smallest absolute Gasteiger partial charge is 0.241 e. The van der Waals surface area contributed by atoms with Crippen LogP contribution in [0.2, 0.25) is 0 Å². The van der Waals surface area contributed by atoms with Gasteiger partial charge in [-0.25, -0.2) is 22.2 Å². The molecule has 0 saturated carbocycles. The Labute approximate surface area is 94.9 Å². The highest BCUT2D eigenvalue weighted by Gasteiger charge is 2.22. The van der Waals surface area contributed by atoms with Gasteiger partial charge in [0.25, 0.3) is 15.5 Å². The lowest BCUT2D eigenvalue weighted by Gasteiger charge is -2.06. The van der Waals surface area contributed by atoms with Gasteiger partial charge in [0, 0.05) is 10.7 Å². The molecule has 1 heterocycles. The summed E-state index contributed by atoms with van der Waals surface area (Å²) in [5.41, 5.74) is -1.33. The van der Waals surface area contributed by atoms with Crippen LogP contribution < -0.4 is 0 Å². The lowest BCUT2D eigenvalue weighted by molar-refractivity contribution is 0.150. The molecule has 0 radical (unpaired) electrons. The quantitative estimate of drug-likeness (QED) is 0.769. The van der Waals surface area contributed by atoms with Gasteiger partial charge in [-0.15, -0.1) is 0 Å². The maximum absolute atomic E-state index is 12.5. The van der Waals surface area contributed by atoms with Gasteiger partial charge in [-0.2, -0.15) is 5.26 Å². The summed E-state index contributed by atoms with van der Waals surface area (Å²) < 4.78 is 47.0. The number of nitriles is 1. The van der Waals surface area contributed by atoms with Crippen LogP contribution in [0.5, 0.6) is 0 Å². The van der Waals surface area contributed by atoms with Crippen LogP contribution >= 0.6 is 10.7 Å². The lowest BCUT2D eigenvalue weighted by Crippen LogP contribution is -2.03. The van der Waals surface area contributed by atoms with Crippen molar-refractivity contribution in [1.29, 1.82) is 5.26 Å². The van der Waals surface area contributed by atoms with E-state index in [1.165, 1.54) is 13.0 Å². The molecule has 0 saturated heterocycles. The molecular formula is C8H5ClF2N2O2S. The fourth-order valence-electron chi connectivity index (χ4n) is 1.10. The van der Waals surface area contributed by atoms with Crippen molar-refractivity contribution in [1.82, 2.24) is 4.98 Å². The Balaban J connectivity index is 3.60. The molecule has 0 bridgehead atoms. The normalized spacial score (nSPS) is 11.5. The van der Waals surface area contributed by atoms with E-state index in [-0.39, 0.29) is 5.69 Å². The van der Waals surface area contributed by atoms with Gasteiger partial charge in [0.1, 0.15) is 16.7 Å². The van der Waals surface area contributed by atoms with Crippen LogP contribution in [0.3, 0.4) is 0 Å². The van der Waals surface area contributed by atoms with E-state index in [0.717, 1.165) is 0 Å². The summed E-state index contributed by atoms with van der Waals surface area (Å²) in [6.45, 7) is 1.27. The molecule has 0 unspecified atom stereocenters. The third-order valence-corrected chi connectivity index (χ3v) is 3.24. The first kappa shape index (κ1) is 12.8. The van der Waals surface area contributed by atoms with Gasteiger partial charge in [0.05, 0.1) is 11.3 Å². The van der Waals surface area contributed by atoms with E-state index >= 15 is 0 Å². The van der Waals surface area contributed by atoms with Gasteiger partial charge < -0.3 is 0 Å². The van der Waals surface area contributed by atoms with Crippen molar-refractivity contribution in [2.75, 3.05) is 0 Å². The molecule has 8 heteroatoms. The number of halogens is 3. The summed E-state index contributed by atoms with van der Waals surface area (Å²) in [5, 5.41) is 8.56. The number of hydrogen-bond acceptors (Lipinski definition) is 4. The molecule has 0 atom stereocenters. The monoisotopic (exact) mass is 266 g/mol. The number of aryl methyl sites for hydroxylation is 1. The predicted octanol–water partition coefficient (Wildman–Crippen LogP) is 2.13. The van der Waals surface area contributed by atoms with E-state index in [4.69, 9.17) is 15.9 Å². The summed E-state index contributed by atoms with van der Waals surface area (Å²) in [5.74, 6) is 0. The van der Waals surface area contributed by atoms with E-state index in [0.29, 0.717) is 6.07 Å². The maximum Gasteiger partial charge on any atom is 0.266 e. The van der Waals surface area contributed by atoms with E-state index in [1.807, 2.05) is 0 Å². The Morgan fingerprint density at radius 3 is 2.50 bits per heavy atom. The third kappa shape index (κ3) is 2.46. The summed E-state index contributed by atoms with van der Waals surface area (Å²) in [6, 6.07) is 2.14. The van der Waals surface area contributed by atoms with Crippen molar-refractivity contribution in [2.24, 2.45) is 0 Å². The van der Waals surface area contributed by atoms with Crippen LogP contribution in [0.4, 0.5) is 8.78 Å². The number of rotatable bonds is 2. The van der Waals surface area contributed by atoms with Crippen molar-refractivity contribution >= 4 is 19.7 Å². The molecule has 0 spiro atoms. The lowest BCUT2D eigenvalue weighted by atomic mass is 10.2. The van der Waals surface area contributed by atoms with E-state index in [2.05, 4.69) is 4.98 Å². The second kappa shape index (κ2) is 4.31. The van der Waals surface area contributed by atoms with Crippen LogP contribution in [-0.4, -0.2) is 13.4 Å². The largest absolute Gasteiger partial charge is 0.266 e. The Bertz CT molecular complexity index is 566. The number of nitrogens with zero attached hydrogens (tertiary/aromatic N) is 2. The highest BCUT2D eigenvalue weighted by molar-refractivity contribution is 8.13. The van der Waals surface area contributed by atoms with Crippen molar-refractivity contribution < 1.29 is 17.2 Å². The standard InChI is InChI=1S/C8H5ClF2N2O2S/c1-4-7(16(9,14)15)2-5(8(10)11)6(3-12)13-4/h2,8H,1H3. The van der Waals surface area contributed by atoms with Gasteiger partial charge in [0.15, 0.2) is 0 Å². The Morgan fingerprint density at radius 2 is 2.12 bits per heavy atom. The molecule has 4 nitrogen and oxygen atoms in total. The van der Waals surface area contributed by atoms with Gasteiger partial charge in [-0.1, -0.05) is 0 Å². The van der Waals surface area contributed by atoms with Crippen LogP contribution in [0.25, 0.3) is 0 Å². The summed E-state index contributed by atoms with van der Waals surface area (Å²) in [7, 11) is 0.893. The maximum atomic E-state index is 12.5. The van der Waals surface area contributed by atoms with Crippen molar-refractivity contribution in [2.45, 2.75) is 18.2 Å². The molecule has 16 heavy (non-hydrogen) atoms. The molecule has 1 rings (SSSR count). The molecule has 0 aliphatic carbocycles. The van der Waals surface area contributed by atoms with Crippen LogP contribution in [-0.2, 0) is 9.05 Å². The molecular weight excluding hydrogens is 262 g/mol. The van der Waals surface area contributed by atoms with E-state index in [9.17, 15) is 17.2 Å². The Hall–Kier alpha value is -1.26. The first-order valence-electron chi connectivity index (χ1n) is 3.92. The zero-order chi connectivity index (χ0) is 12.5. The molecule has 0 aliphatic rings. The average Bonchev–Trinajstić information content (AvgIpc) is 2.14. The summed E-state index contributed by atoms with van der Waals surface area (Å²) >= 11 is 0. The van der Waals surface area contributed by atoms with Crippen molar-refractivity contribution in [3.63, 3.8) is 0 Å². The molecule has 1 aromatic heterocycles. The molecule has 0 N–H and O–H groups in total. The van der Waals surface area contributed by atoms with Crippen molar-refractivity contribution in [3.8, 4) is 6.07 Å². The van der Waals surface area contributed by atoms with Crippen LogP contribution in [0.1, 0.15) is 23.4 Å². The zero-order valence-electron chi connectivity index (χ0n) is 7.91. The Morgan fingerprint density at radius 1 is 1.56 bits per heavy atom. The molecule has 0 amide bonds. The molecule has 0 fully saturated rings. The molecule has 0 aromatic carbocycles. The van der Waals surface area contributed by atoms with E-state index < -0.39 is 31.6 Å². The molecule has 0 aliphatic heterocycles. The van der Waals surface area contributed by atoms with Gasteiger partial charge >= 0.3 is 0 Å². The first-order chi connectivity index (χ1) is 7.27. The number of pyridine rings is 1. The fourth-order valence-corrected chi connectivity index (χ4v) is 2.24. The van der Waals surface area contributed by atoms with Gasteiger partial charge in [-0.3, -0.25) is 0 Å². The fraction of sp³-hybridized carbons (Fsp3) is 0.250. The number of alkyl halides is 2. The SMILES string of the molecule is Cc1nc(C#N)c(C(F)F)cc1S(=O)(=O)Cl. The first-order valence-corrected chi connectivity index (χ1v) is 6.22. The summed E-state index contributed by atoms with van der Waals surface area (Å²) in [6.07, 6.45) is -2.99. The Kier molecular flexibility index (Phi) is 3.45. The van der Waals surface area contributed by atoms with Gasteiger partial charge in [-0.05, 0) is 13.0 Å². The van der Waals surface area contributed by atoms with Crippen LogP contribution in [0.15, 0.2) is 11.0 Å². The highest BCUT2D eigenvalue weighted by atomic mass is 35.7. The highest BCUT2D eigenvalue weighted by Crippen LogP contribution is 2.27. The minimum atomic E-state index is -4.15. The number of aromatic nitrogens is 1. The van der Waals surface area contributed by atoms with E-state index in [1.54, 1.807) is 0 Å². The zero-order valence-corrected chi connectivity index (χ0v) is 9.48.